The first-order valence-electron chi connectivity index (χ1n) is 16.1. The van der Waals surface area contributed by atoms with Gasteiger partial charge in [0.1, 0.15) is 0 Å². The molecule has 8 unspecified atom stereocenters. The van der Waals surface area contributed by atoms with E-state index in [2.05, 4.69) is 40.7 Å². The third kappa shape index (κ3) is 5.43. The van der Waals surface area contributed by atoms with Gasteiger partial charge in [-0.1, -0.05) is 65.5 Å². The predicted octanol–water partition coefficient (Wildman–Crippen LogP) is 8.82. The summed E-state index contributed by atoms with van der Waals surface area (Å²) in [5.74, 6) is 5.40. The fourth-order valence-corrected chi connectivity index (χ4v) is 10.0. The molecule has 0 aliphatic heterocycles. The fourth-order valence-electron chi connectivity index (χ4n) is 10.0. The van der Waals surface area contributed by atoms with Crippen LogP contribution in [0.25, 0.3) is 0 Å². The van der Waals surface area contributed by atoms with Gasteiger partial charge in [-0.05, 0) is 128 Å². The van der Waals surface area contributed by atoms with E-state index in [1.807, 2.05) is 18.2 Å². The Morgan fingerprint density at radius 1 is 0.921 bits per heavy atom. The number of anilines is 2. The van der Waals surface area contributed by atoms with Crippen molar-refractivity contribution < 1.29 is 4.74 Å². The molecule has 1 aromatic rings. The monoisotopic (exact) mass is 520 g/mol. The third-order valence-electron chi connectivity index (χ3n) is 12.0. The van der Waals surface area contributed by atoms with Gasteiger partial charge in [0.15, 0.2) is 0 Å². The number of fused-ring (bicyclic) bond motifs is 5. The standard InChI is InChI=1S/C35H56N2O/c1-23(2)7-6-8-24(3)31-11-12-32-30-10-9-26-21-29(38-18-15-25-19-27(36)22-28(37)20-25)13-16-34(26,4)33(30)14-17-35(31,32)5/h9,19-20,22-24,29-33H,6-8,10-18,21,36-37H2,1-5H3. The van der Waals surface area contributed by atoms with E-state index in [4.69, 9.17) is 16.2 Å². The highest BCUT2D eigenvalue weighted by atomic mass is 16.5. The molecule has 0 aromatic heterocycles. The summed E-state index contributed by atoms with van der Waals surface area (Å²) in [6.07, 6.45) is 19.0. The molecule has 212 valence electrons. The molecular weight excluding hydrogens is 464 g/mol. The van der Waals surface area contributed by atoms with Crippen molar-refractivity contribution in [3.8, 4) is 0 Å². The molecule has 0 heterocycles. The van der Waals surface area contributed by atoms with Gasteiger partial charge in [-0.3, -0.25) is 0 Å². The van der Waals surface area contributed by atoms with Crippen molar-refractivity contribution in [3.05, 3.63) is 35.4 Å². The summed E-state index contributed by atoms with van der Waals surface area (Å²) in [6.45, 7) is 13.4. The first kappa shape index (κ1) is 28.1. The first-order chi connectivity index (χ1) is 18.1. The molecule has 4 aliphatic rings. The SMILES string of the molecule is CC(C)CCCC(C)C1CCC2C3CC=C4CC(OCCc5cc(N)cc(N)c5)CCC4(C)C3CCC12C. The van der Waals surface area contributed by atoms with E-state index in [0.717, 1.165) is 66.3 Å². The number of hydrogen-bond acceptors (Lipinski definition) is 3. The second kappa shape index (κ2) is 11.2. The molecule has 3 saturated carbocycles. The topological polar surface area (TPSA) is 61.3 Å². The van der Waals surface area contributed by atoms with Crippen LogP contribution in [0.4, 0.5) is 11.4 Å². The number of rotatable bonds is 9. The molecule has 0 saturated heterocycles. The van der Waals surface area contributed by atoms with E-state index < -0.39 is 0 Å². The molecule has 3 nitrogen and oxygen atoms in total. The lowest BCUT2D eigenvalue weighted by molar-refractivity contribution is -0.0637. The molecule has 0 spiro atoms. The van der Waals surface area contributed by atoms with Crippen molar-refractivity contribution in [3.63, 3.8) is 0 Å². The van der Waals surface area contributed by atoms with Crippen LogP contribution < -0.4 is 11.5 Å². The van der Waals surface area contributed by atoms with Crippen molar-refractivity contribution in [1.82, 2.24) is 0 Å². The molecule has 8 atom stereocenters. The van der Waals surface area contributed by atoms with E-state index in [0.29, 0.717) is 16.9 Å². The zero-order chi connectivity index (χ0) is 27.1. The molecule has 3 fully saturated rings. The zero-order valence-electron chi connectivity index (χ0n) is 25.1. The summed E-state index contributed by atoms with van der Waals surface area (Å²) in [7, 11) is 0. The Morgan fingerprint density at radius 3 is 2.42 bits per heavy atom. The number of benzene rings is 1. The van der Waals surface area contributed by atoms with Crippen LogP contribution in [0.2, 0.25) is 0 Å². The van der Waals surface area contributed by atoms with Crippen LogP contribution in [0.5, 0.6) is 0 Å². The van der Waals surface area contributed by atoms with E-state index in [1.165, 1.54) is 69.8 Å². The lowest BCUT2D eigenvalue weighted by atomic mass is 9.47. The van der Waals surface area contributed by atoms with Gasteiger partial charge in [0.05, 0.1) is 12.7 Å². The second-order valence-electron chi connectivity index (χ2n) is 14.8. The minimum absolute atomic E-state index is 0.362. The predicted molar refractivity (Wildman–Crippen MR) is 162 cm³/mol. The van der Waals surface area contributed by atoms with Crippen LogP contribution in [0, 0.1) is 46.3 Å². The summed E-state index contributed by atoms with van der Waals surface area (Å²) in [5, 5.41) is 0. The van der Waals surface area contributed by atoms with Crippen LogP contribution in [-0.2, 0) is 11.2 Å². The second-order valence-corrected chi connectivity index (χ2v) is 14.8. The smallest absolute Gasteiger partial charge is 0.0612 e. The van der Waals surface area contributed by atoms with Crippen molar-refractivity contribution in [2.24, 2.45) is 46.3 Å². The first-order valence-corrected chi connectivity index (χ1v) is 16.1. The summed E-state index contributed by atoms with van der Waals surface area (Å²) in [6, 6.07) is 5.87. The molecule has 38 heavy (non-hydrogen) atoms. The number of ether oxygens (including phenoxy) is 1. The molecule has 0 bridgehead atoms. The lowest BCUT2D eigenvalue weighted by Gasteiger charge is -2.58. The number of nitrogens with two attached hydrogens (primary N) is 2. The summed E-state index contributed by atoms with van der Waals surface area (Å²) < 4.78 is 6.45. The maximum absolute atomic E-state index is 6.45. The Hall–Kier alpha value is -1.48. The van der Waals surface area contributed by atoms with Gasteiger partial charge >= 0.3 is 0 Å². The van der Waals surface area contributed by atoms with Gasteiger partial charge in [-0.25, -0.2) is 0 Å². The summed E-state index contributed by atoms with van der Waals surface area (Å²) in [4.78, 5) is 0. The molecule has 5 rings (SSSR count). The van der Waals surface area contributed by atoms with E-state index in [-0.39, 0.29) is 0 Å². The molecule has 0 amide bonds. The highest BCUT2D eigenvalue weighted by Gasteiger charge is 2.59. The molecular formula is C35H56N2O. The van der Waals surface area contributed by atoms with Gasteiger partial charge < -0.3 is 16.2 Å². The van der Waals surface area contributed by atoms with Crippen LogP contribution in [0.3, 0.4) is 0 Å². The van der Waals surface area contributed by atoms with Crippen LogP contribution >= 0.6 is 0 Å². The summed E-state index contributed by atoms with van der Waals surface area (Å²) in [5.41, 5.74) is 17.3. The Balaban J connectivity index is 1.20. The van der Waals surface area contributed by atoms with Gasteiger partial charge in [-0.2, -0.15) is 0 Å². The Kier molecular flexibility index (Phi) is 8.26. The van der Waals surface area contributed by atoms with E-state index >= 15 is 0 Å². The van der Waals surface area contributed by atoms with Crippen molar-refractivity contribution in [2.45, 2.75) is 118 Å². The largest absolute Gasteiger partial charge is 0.399 e. The third-order valence-corrected chi connectivity index (χ3v) is 12.0. The maximum Gasteiger partial charge on any atom is 0.0612 e. The number of hydrogen-bond donors (Lipinski definition) is 2. The highest BCUT2D eigenvalue weighted by Crippen LogP contribution is 2.67. The van der Waals surface area contributed by atoms with Gasteiger partial charge in [-0.15, -0.1) is 0 Å². The molecule has 4 aliphatic carbocycles. The highest BCUT2D eigenvalue weighted by molar-refractivity contribution is 5.54. The summed E-state index contributed by atoms with van der Waals surface area (Å²) >= 11 is 0. The molecule has 0 radical (unpaired) electrons. The van der Waals surface area contributed by atoms with Gasteiger partial charge in [0, 0.05) is 11.4 Å². The zero-order valence-corrected chi connectivity index (χ0v) is 25.1. The van der Waals surface area contributed by atoms with E-state index in [9.17, 15) is 0 Å². The quantitative estimate of drug-likeness (QED) is 0.252. The Morgan fingerprint density at radius 2 is 1.68 bits per heavy atom. The van der Waals surface area contributed by atoms with Crippen molar-refractivity contribution >= 4 is 11.4 Å². The van der Waals surface area contributed by atoms with Crippen molar-refractivity contribution in [2.75, 3.05) is 18.1 Å². The minimum Gasteiger partial charge on any atom is -0.399 e. The Bertz CT molecular complexity index is 979. The van der Waals surface area contributed by atoms with Crippen LogP contribution in [-0.4, -0.2) is 12.7 Å². The number of nitrogen functional groups attached to an aromatic ring is 2. The minimum atomic E-state index is 0.362. The van der Waals surface area contributed by atoms with Crippen LogP contribution in [0.15, 0.2) is 29.8 Å². The number of allylic oxidation sites excluding steroid dienone is 1. The van der Waals surface area contributed by atoms with Crippen LogP contribution in [0.1, 0.15) is 111 Å². The normalized spacial score (nSPS) is 37.3. The maximum atomic E-state index is 6.45. The van der Waals surface area contributed by atoms with Gasteiger partial charge in [0.25, 0.3) is 0 Å². The molecule has 4 N–H and O–H groups in total. The molecule has 1 aromatic carbocycles. The van der Waals surface area contributed by atoms with Crippen molar-refractivity contribution in [1.29, 1.82) is 0 Å². The average molecular weight is 521 g/mol. The average Bonchev–Trinajstić information content (AvgIpc) is 3.20. The molecule has 3 heteroatoms. The lowest BCUT2D eigenvalue weighted by Crippen LogP contribution is -2.51. The van der Waals surface area contributed by atoms with E-state index in [1.54, 1.807) is 5.57 Å². The Labute approximate surface area is 233 Å². The fraction of sp³-hybridized carbons (Fsp3) is 0.771. The van der Waals surface area contributed by atoms with Gasteiger partial charge in [0.2, 0.25) is 0 Å².